The Bertz CT molecular complexity index is 511. The van der Waals surface area contributed by atoms with Gasteiger partial charge in [-0.1, -0.05) is 18.2 Å². The monoisotopic (exact) mass is 203 g/mol. The van der Waals surface area contributed by atoms with Crippen LogP contribution in [0.2, 0.25) is 0 Å². The van der Waals surface area contributed by atoms with E-state index in [2.05, 4.69) is 5.32 Å². The molecule has 3 nitrogen and oxygen atoms in total. The topological polar surface area (TPSA) is 45.4 Å². The van der Waals surface area contributed by atoms with E-state index in [9.17, 15) is 5.11 Å². The molecule has 2 aromatic rings. The highest BCUT2D eigenvalue weighted by Gasteiger charge is 2.41. The largest absolute Gasteiger partial charge is 0.458 e. The molecule has 1 aliphatic rings. The zero-order valence-corrected chi connectivity index (χ0v) is 8.58. The van der Waals surface area contributed by atoms with Crippen LogP contribution in [0.15, 0.2) is 28.7 Å². The van der Waals surface area contributed by atoms with E-state index in [1.54, 1.807) is 0 Å². The van der Waals surface area contributed by atoms with Gasteiger partial charge in [-0.25, -0.2) is 0 Å². The first kappa shape index (κ1) is 8.95. The van der Waals surface area contributed by atoms with Gasteiger partial charge in [-0.3, -0.25) is 0 Å². The average Bonchev–Trinajstić information content (AvgIpc) is 2.54. The van der Waals surface area contributed by atoms with Crippen molar-refractivity contribution in [2.75, 3.05) is 13.1 Å². The molecule has 0 saturated carbocycles. The van der Waals surface area contributed by atoms with Gasteiger partial charge < -0.3 is 14.8 Å². The van der Waals surface area contributed by atoms with Gasteiger partial charge in [0.1, 0.15) is 16.9 Å². The molecule has 0 amide bonds. The zero-order valence-electron chi connectivity index (χ0n) is 8.58. The third kappa shape index (κ3) is 1.14. The summed E-state index contributed by atoms with van der Waals surface area (Å²) in [7, 11) is 0. The molecule has 0 aliphatic carbocycles. The quantitative estimate of drug-likeness (QED) is 0.738. The van der Waals surface area contributed by atoms with Gasteiger partial charge in [0.05, 0.1) is 0 Å². The molecule has 1 saturated heterocycles. The van der Waals surface area contributed by atoms with E-state index in [1.807, 2.05) is 31.2 Å². The minimum Gasteiger partial charge on any atom is -0.458 e. The number of rotatable bonds is 1. The number of fused-ring (bicyclic) bond motifs is 1. The molecule has 1 aromatic carbocycles. The summed E-state index contributed by atoms with van der Waals surface area (Å²) < 4.78 is 5.72. The summed E-state index contributed by atoms with van der Waals surface area (Å²) in [6.07, 6.45) is 0. The van der Waals surface area contributed by atoms with Gasteiger partial charge in [-0.15, -0.1) is 0 Å². The predicted molar refractivity (Wildman–Crippen MR) is 57.7 cm³/mol. The molecule has 1 aromatic heterocycles. The number of aryl methyl sites for hydroxylation is 1. The van der Waals surface area contributed by atoms with Gasteiger partial charge >= 0.3 is 0 Å². The minimum atomic E-state index is -0.802. The molecule has 0 bridgehead atoms. The number of hydrogen-bond donors (Lipinski definition) is 2. The molecule has 0 radical (unpaired) electrons. The maximum atomic E-state index is 10.2. The summed E-state index contributed by atoms with van der Waals surface area (Å²) in [5, 5.41) is 14.4. The van der Waals surface area contributed by atoms with Crippen LogP contribution in [0.25, 0.3) is 11.0 Å². The highest BCUT2D eigenvalue weighted by atomic mass is 16.4. The van der Waals surface area contributed by atoms with Crippen molar-refractivity contribution < 1.29 is 9.52 Å². The van der Waals surface area contributed by atoms with Crippen molar-refractivity contribution in [3.63, 3.8) is 0 Å². The summed E-state index contributed by atoms with van der Waals surface area (Å²) in [6.45, 7) is 3.15. The van der Waals surface area contributed by atoms with Crippen molar-refractivity contribution in [2.45, 2.75) is 12.5 Å². The maximum absolute atomic E-state index is 10.2. The Hall–Kier alpha value is -1.32. The molecule has 1 fully saturated rings. The SMILES string of the molecule is Cc1c(C2(O)CNC2)oc2ccccc12. The van der Waals surface area contributed by atoms with Gasteiger partial charge in [0.25, 0.3) is 0 Å². The molecule has 15 heavy (non-hydrogen) atoms. The van der Waals surface area contributed by atoms with Crippen LogP contribution in [-0.4, -0.2) is 18.2 Å². The van der Waals surface area contributed by atoms with Crippen molar-refractivity contribution in [3.05, 3.63) is 35.6 Å². The molecular weight excluding hydrogens is 190 g/mol. The Labute approximate surface area is 87.7 Å². The number of hydrogen-bond acceptors (Lipinski definition) is 3. The van der Waals surface area contributed by atoms with Crippen LogP contribution in [0.1, 0.15) is 11.3 Å². The first-order valence-electron chi connectivity index (χ1n) is 5.12. The fraction of sp³-hybridized carbons (Fsp3) is 0.333. The lowest BCUT2D eigenvalue weighted by atomic mass is 9.91. The number of aliphatic hydroxyl groups is 1. The van der Waals surface area contributed by atoms with Crippen LogP contribution in [0.5, 0.6) is 0 Å². The normalized spacial score (nSPS) is 19.1. The third-order valence-corrected chi connectivity index (χ3v) is 3.10. The van der Waals surface area contributed by atoms with Gasteiger partial charge in [0.15, 0.2) is 0 Å². The lowest BCUT2D eigenvalue weighted by Crippen LogP contribution is -2.56. The summed E-state index contributed by atoms with van der Waals surface area (Å²) in [5.74, 6) is 0.711. The molecule has 1 aliphatic heterocycles. The standard InChI is InChI=1S/C12H13NO2/c1-8-9-4-2-3-5-10(9)15-11(8)12(14)6-13-7-12/h2-5,13-14H,6-7H2,1H3. The van der Waals surface area contributed by atoms with E-state index < -0.39 is 5.60 Å². The molecule has 3 heteroatoms. The van der Waals surface area contributed by atoms with Gasteiger partial charge in [0, 0.05) is 24.0 Å². The highest BCUT2D eigenvalue weighted by molar-refractivity contribution is 5.82. The van der Waals surface area contributed by atoms with Crippen molar-refractivity contribution in [1.82, 2.24) is 5.32 Å². The summed E-state index contributed by atoms with van der Waals surface area (Å²) in [4.78, 5) is 0. The van der Waals surface area contributed by atoms with E-state index in [4.69, 9.17) is 4.42 Å². The summed E-state index contributed by atoms with van der Waals surface area (Å²) >= 11 is 0. The smallest absolute Gasteiger partial charge is 0.147 e. The van der Waals surface area contributed by atoms with E-state index in [0.29, 0.717) is 18.8 Å². The van der Waals surface area contributed by atoms with Crippen molar-refractivity contribution in [3.8, 4) is 0 Å². The summed E-state index contributed by atoms with van der Waals surface area (Å²) in [5.41, 5.74) is 1.10. The van der Waals surface area contributed by atoms with Gasteiger partial charge in [0.2, 0.25) is 0 Å². The average molecular weight is 203 g/mol. The second kappa shape index (κ2) is 2.84. The Morgan fingerprint density at radius 2 is 2.07 bits per heavy atom. The lowest BCUT2D eigenvalue weighted by Gasteiger charge is -2.36. The number of nitrogens with one attached hydrogen (secondary N) is 1. The fourth-order valence-corrected chi connectivity index (χ4v) is 2.14. The first-order chi connectivity index (χ1) is 7.21. The number of benzene rings is 1. The predicted octanol–water partition coefficient (Wildman–Crippen LogP) is 1.53. The van der Waals surface area contributed by atoms with Crippen molar-refractivity contribution in [1.29, 1.82) is 0 Å². The fourth-order valence-electron chi connectivity index (χ4n) is 2.14. The van der Waals surface area contributed by atoms with E-state index in [-0.39, 0.29) is 0 Å². The highest BCUT2D eigenvalue weighted by Crippen LogP contribution is 2.34. The van der Waals surface area contributed by atoms with Crippen LogP contribution in [0.3, 0.4) is 0 Å². The third-order valence-electron chi connectivity index (χ3n) is 3.10. The second-order valence-corrected chi connectivity index (χ2v) is 4.19. The van der Waals surface area contributed by atoms with Crippen LogP contribution in [0, 0.1) is 6.92 Å². The van der Waals surface area contributed by atoms with Crippen LogP contribution >= 0.6 is 0 Å². The lowest BCUT2D eigenvalue weighted by molar-refractivity contribution is -0.0327. The minimum absolute atomic E-state index is 0.577. The van der Waals surface area contributed by atoms with Gasteiger partial charge in [-0.05, 0) is 13.0 Å². The Morgan fingerprint density at radius 3 is 2.67 bits per heavy atom. The molecule has 0 unspecified atom stereocenters. The Morgan fingerprint density at radius 1 is 1.33 bits per heavy atom. The van der Waals surface area contributed by atoms with E-state index in [0.717, 1.165) is 16.5 Å². The van der Waals surface area contributed by atoms with Crippen LogP contribution < -0.4 is 5.32 Å². The van der Waals surface area contributed by atoms with Crippen LogP contribution in [0.4, 0.5) is 0 Å². The molecule has 78 valence electrons. The molecule has 2 N–H and O–H groups in total. The van der Waals surface area contributed by atoms with E-state index in [1.165, 1.54) is 0 Å². The van der Waals surface area contributed by atoms with Gasteiger partial charge in [-0.2, -0.15) is 0 Å². The molecular formula is C12H13NO2. The number of furan rings is 1. The van der Waals surface area contributed by atoms with Crippen LogP contribution in [-0.2, 0) is 5.60 Å². The first-order valence-corrected chi connectivity index (χ1v) is 5.12. The number of para-hydroxylation sites is 1. The molecule has 0 atom stereocenters. The van der Waals surface area contributed by atoms with Crippen molar-refractivity contribution in [2.24, 2.45) is 0 Å². The number of β-amino-alcohol motifs (C(OH)–C–C–N with tert-alkyl or cyclic N) is 1. The van der Waals surface area contributed by atoms with Crippen molar-refractivity contribution >= 4 is 11.0 Å². The molecule has 0 spiro atoms. The Kier molecular flexibility index (Phi) is 1.69. The molecule has 2 heterocycles. The second-order valence-electron chi connectivity index (χ2n) is 4.19. The maximum Gasteiger partial charge on any atom is 0.147 e. The summed E-state index contributed by atoms with van der Waals surface area (Å²) in [6, 6.07) is 7.88. The zero-order chi connectivity index (χ0) is 10.5. The Balaban J connectivity index is 2.23. The molecule has 3 rings (SSSR count). The van der Waals surface area contributed by atoms with E-state index >= 15 is 0 Å².